The second-order valence-corrected chi connectivity index (χ2v) is 5.92. The fourth-order valence-electron chi connectivity index (χ4n) is 2.81. The number of nitrogens with one attached hydrogen (secondary N) is 1. The molecule has 0 atom stereocenters. The summed E-state index contributed by atoms with van der Waals surface area (Å²) in [4.78, 5) is 23.2. The minimum atomic E-state index is -0.148. The highest BCUT2D eigenvalue weighted by molar-refractivity contribution is 5.92. The second kappa shape index (κ2) is 7.22. The molecule has 1 N–H and O–H groups in total. The smallest absolute Gasteiger partial charge is 0.270 e. The molecule has 2 aromatic heterocycles. The van der Waals surface area contributed by atoms with Gasteiger partial charge in [-0.2, -0.15) is 0 Å². The zero-order valence-corrected chi connectivity index (χ0v) is 13.5. The summed E-state index contributed by atoms with van der Waals surface area (Å²) in [7, 11) is 0. The van der Waals surface area contributed by atoms with Gasteiger partial charge in [-0.15, -0.1) is 0 Å². The first-order valence-corrected chi connectivity index (χ1v) is 8.14. The van der Waals surface area contributed by atoms with Crippen molar-refractivity contribution in [3.63, 3.8) is 0 Å². The van der Waals surface area contributed by atoms with Gasteiger partial charge in [0.2, 0.25) is 0 Å². The fraction of sp³-hybridized carbons (Fsp3) is 0.389. The topological polar surface area (TPSA) is 58.1 Å². The lowest BCUT2D eigenvalue weighted by Gasteiger charge is -2.27. The number of hydrogen-bond donors (Lipinski definition) is 1. The summed E-state index contributed by atoms with van der Waals surface area (Å²) in [6, 6.07) is 9.46. The molecule has 0 unspecified atom stereocenters. The largest absolute Gasteiger partial charge is 0.357 e. The normalized spacial score (nSPS) is 14.6. The highest BCUT2D eigenvalue weighted by Gasteiger charge is 2.13. The van der Waals surface area contributed by atoms with Gasteiger partial charge < -0.3 is 10.2 Å². The molecular formula is C18H22N4O. The lowest BCUT2D eigenvalue weighted by Crippen LogP contribution is -2.30. The van der Waals surface area contributed by atoms with Crippen LogP contribution in [0, 0.1) is 6.92 Å². The van der Waals surface area contributed by atoms with Crippen LogP contribution in [0.25, 0.3) is 0 Å². The summed E-state index contributed by atoms with van der Waals surface area (Å²) in [6.45, 7) is 4.49. The molecular weight excluding hydrogens is 288 g/mol. The summed E-state index contributed by atoms with van der Waals surface area (Å²) in [5, 5.41) is 2.92. The van der Waals surface area contributed by atoms with Gasteiger partial charge in [0, 0.05) is 31.5 Å². The van der Waals surface area contributed by atoms with Crippen LogP contribution < -0.4 is 10.2 Å². The number of aromatic nitrogens is 2. The Morgan fingerprint density at radius 2 is 2.04 bits per heavy atom. The van der Waals surface area contributed by atoms with Gasteiger partial charge in [-0.05, 0) is 56.0 Å². The number of aryl methyl sites for hydroxylation is 1. The van der Waals surface area contributed by atoms with Crippen molar-refractivity contribution in [3.8, 4) is 0 Å². The lowest BCUT2D eigenvalue weighted by molar-refractivity contribution is 0.0945. The first kappa shape index (κ1) is 15.5. The average molecular weight is 310 g/mol. The van der Waals surface area contributed by atoms with Crippen LogP contribution in [-0.2, 0) is 6.54 Å². The summed E-state index contributed by atoms with van der Waals surface area (Å²) in [6.07, 6.45) is 5.56. The molecule has 3 heterocycles. The third kappa shape index (κ3) is 4.06. The van der Waals surface area contributed by atoms with E-state index in [1.54, 1.807) is 6.07 Å². The van der Waals surface area contributed by atoms with E-state index in [9.17, 15) is 4.79 Å². The number of hydrogen-bond acceptors (Lipinski definition) is 4. The van der Waals surface area contributed by atoms with E-state index in [0.29, 0.717) is 12.2 Å². The molecule has 120 valence electrons. The average Bonchev–Trinajstić information content (AvgIpc) is 2.61. The number of amides is 1. The van der Waals surface area contributed by atoms with E-state index >= 15 is 0 Å². The van der Waals surface area contributed by atoms with Gasteiger partial charge in [-0.25, -0.2) is 9.97 Å². The highest BCUT2D eigenvalue weighted by atomic mass is 16.1. The van der Waals surface area contributed by atoms with Gasteiger partial charge in [0.15, 0.2) is 0 Å². The number of piperidine rings is 1. The Hall–Kier alpha value is -2.43. The Labute approximate surface area is 136 Å². The number of carbonyl (C=O) groups is 1. The summed E-state index contributed by atoms with van der Waals surface area (Å²) in [5.74, 6) is 0.857. The van der Waals surface area contributed by atoms with E-state index < -0.39 is 0 Å². The van der Waals surface area contributed by atoms with Crippen LogP contribution in [0.15, 0.2) is 36.5 Å². The Morgan fingerprint density at radius 3 is 2.83 bits per heavy atom. The van der Waals surface area contributed by atoms with Crippen LogP contribution >= 0.6 is 0 Å². The van der Waals surface area contributed by atoms with Crippen LogP contribution in [-0.4, -0.2) is 29.0 Å². The molecule has 0 spiro atoms. The molecule has 2 aromatic rings. The quantitative estimate of drug-likeness (QED) is 0.943. The predicted molar refractivity (Wildman–Crippen MR) is 90.4 cm³/mol. The predicted octanol–water partition coefficient (Wildman–Crippen LogP) is 2.71. The summed E-state index contributed by atoms with van der Waals surface area (Å²) >= 11 is 0. The number of pyridine rings is 2. The third-order valence-corrected chi connectivity index (χ3v) is 4.06. The molecule has 0 aromatic carbocycles. The van der Waals surface area contributed by atoms with E-state index in [1.807, 2.05) is 31.3 Å². The first-order valence-electron chi connectivity index (χ1n) is 8.14. The van der Waals surface area contributed by atoms with Gasteiger partial charge in [0.05, 0.1) is 0 Å². The maximum atomic E-state index is 12.2. The zero-order valence-electron chi connectivity index (χ0n) is 13.5. The highest BCUT2D eigenvalue weighted by Crippen LogP contribution is 2.18. The van der Waals surface area contributed by atoms with Crippen molar-refractivity contribution >= 4 is 11.7 Å². The van der Waals surface area contributed by atoms with Crippen LogP contribution in [0.5, 0.6) is 0 Å². The van der Waals surface area contributed by atoms with Crippen molar-refractivity contribution in [2.24, 2.45) is 0 Å². The third-order valence-electron chi connectivity index (χ3n) is 4.06. The first-order chi connectivity index (χ1) is 11.2. The molecule has 1 aliphatic heterocycles. The van der Waals surface area contributed by atoms with Crippen molar-refractivity contribution in [1.29, 1.82) is 0 Å². The van der Waals surface area contributed by atoms with Crippen molar-refractivity contribution < 1.29 is 4.79 Å². The lowest BCUT2D eigenvalue weighted by atomic mass is 10.1. The zero-order chi connectivity index (χ0) is 16.1. The molecule has 1 fully saturated rings. The minimum Gasteiger partial charge on any atom is -0.357 e. The Balaban J connectivity index is 1.63. The molecule has 23 heavy (non-hydrogen) atoms. The summed E-state index contributed by atoms with van der Waals surface area (Å²) < 4.78 is 0. The van der Waals surface area contributed by atoms with Crippen molar-refractivity contribution in [2.45, 2.75) is 32.7 Å². The van der Waals surface area contributed by atoms with E-state index in [2.05, 4.69) is 26.3 Å². The molecule has 0 aliphatic carbocycles. The maximum Gasteiger partial charge on any atom is 0.270 e. The second-order valence-electron chi connectivity index (χ2n) is 5.92. The SMILES string of the molecule is Cc1cccc(C(=O)NCc2ccnc(N3CCCCC3)c2)n1. The van der Waals surface area contributed by atoms with Gasteiger partial charge in [0.25, 0.3) is 5.91 Å². The van der Waals surface area contributed by atoms with Gasteiger partial charge in [0.1, 0.15) is 11.5 Å². The molecule has 1 aliphatic rings. The number of rotatable bonds is 4. The molecule has 3 rings (SSSR count). The summed E-state index contributed by atoms with van der Waals surface area (Å²) in [5.41, 5.74) is 2.35. The Bertz CT molecular complexity index is 680. The Kier molecular flexibility index (Phi) is 4.86. The van der Waals surface area contributed by atoms with Crippen LogP contribution in [0.1, 0.15) is 41.0 Å². The van der Waals surface area contributed by atoms with E-state index in [-0.39, 0.29) is 5.91 Å². The maximum absolute atomic E-state index is 12.2. The van der Waals surface area contributed by atoms with Gasteiger partial charge >= 0.3 is 0 Å². The minimum absolute atomic E-state index is 0.148. The molecule has 0 radical (unpaired) electrons. The number of anilines is 1. The van der Waals surface area contributed by atoms with Gasteiger partial charge in [-0.1, -0.05) is 6.07 Å². The molecule has 5 nitrogen and oxygen atoms in total. The van der Waals surface area contributed by atoms with Crippen LogP contribution in [0.2, 0.25) is 0 Å². The number of nitrogens with zero attached hydrogens (tertiary/aromatic N) is 3. The van der Waals surface area contributed by atoms with Crippen LogP contribution in [0.3, 0.4) is 0 Å². The van der Waals surface area contributed by atoms with E-state index in [4.69, 9.17) is 0 Å². The van der Waals surface area contributed by atoms with Crippen molar-refractivity contribution in [1.82, 2.24) is 15.3 Å². The number of carbonyl (C=O) groups excluding carboxylic acids is 1. The monoisotopic (exact) mass is 310 g/mol. The standard InChI is InChI=1S/C18H22N4O/c1-14-6-5-7-16(21-14)18(23)20-13-15-8-9-19-17(12-15)22-10-3-2-4-11-22/h5-9,12H,2-4,10-11,13H2,1H3,(H,20,23). The van der Waals surface area contributed by atoms with E-state index in [1.165, 1.54) is 19.3 Å². The molecule has 1 amide bonds. The van der Waals surface area contributed by atoms with Gasteiger partial charge in [-0.3, -0.25) is 4.79 Å². The molecule has 1 saturated heterocycles. The van der Waals surface area contributed by atoms with Crippen molar-refractivity contribution in [2.75, 3.05) is 18.0 Å². The molecule has 0 bridgehead atoms. The molecule has 0 saturated carbocycles. The molecule has 5 heteroatoms. The Morgan fingerprint density at radius 1 is 1.22 bits per heavy atom. The van der Waals surface area contributed by atoms with Crippen LogP contribution in [0.4, 0.5) is 5.82 Å². The van der Waals surface area contributed by atoms with Crippen molar-refractivity contribution in [3.05, 3.63) is 53.5 Å². The fourth-order valence-corrected chi connectivity index (χ4v) is 2.81. The van der Waals surface area contributed by atoms with E-state index in [0.717, 1.165) is 30.2 Å².